The molecule has 0 saturated carbocycles. The van der Waals surface area contributed by atoms with Crippen LogP contribution in [0.4, 0.5) is 11.4 Å². The molecule has 130 valence electrons. The number of nitrogens with zero attached hydrogens (tertiary/aromatic N) is 1. The summed E-state index contributed by atoms with van der Waals surface area (Å²) in [5.41, 5.74) is 1.96. The minimum atomic E-state index is -3.63. The summed E-state index contributed by atoms with van der Waals surface area (Å²) >= 11 is 0. The third-order valence-electron chi connectivity index (χ3n) is 3.98. The summed E-state index contributed by atoms with van der Waals surface area (Å²) in [5, 5.41) is 1.14. The van der Waals surface area contributed by atoms with E-state index >= 15 is 0 Å². The van der Waals surface area contributed by atoms with Crippen LogP contribution in [0.5, 0.6) is 0 Å². The Labute approximate surface area is 148 Å². The maximum absolute atomic E-state index is 12.2. The Balaban J connectivity index is 1.75. The highest BCUT2D eigenvalue weighted by Gasteiger charge is 2.20. The summed E-state index contributed by atoms with van der Waals surface area (Å²) in [6.45, 7) is 0.670. The number of amides is 1. The summed E-state index contributed by atoms with van der Waals surface area (Å²) in [6, 6.07) is 16.2. The second-order valence-electron chi connectivity index (χ2n) is 5.91. The largest absolute Gasteiger partial charge is 0.312 e. The van der Waals surface area contributed by atoms with E-state index in [1.165, 1.54) is 0 Å². The standard InChI is InChI=1S/C19H20N2O3S/c22-19-11-4-5-13-21(19)18-10-6-9-17(15-18)20-25(23,24)14-12-16-7-2-1-3-8-16/h1-3,6-10,12,14-15,20H,4-5,11,13H2/b14-12+. The first kappa shape index (κ1) is 17.2. The molecule has 0 atom stereocenters. The summed E-state index contributed by atoms with van der Waals surface area (Å²) < 4.78 is 27.0. The van der Waals surface area contributed by atoms with Crippen LogP contribution in [0.3, 0.4) is 0 Å². The predicted octanol–water partition coefficient (Wildman–Crippen LogP) is 3.62. The fourth-order valence-electron chi connectivity index (χ4n) is 2.75. The average molecular weight is 356 g/mol. The molecule has 1 fully saturated rings. The summed E-state index contributed by atoms with van der Waals surface area (Å²) in [7, 11) is -3.63. The lowest BCUT2D eigenvalue weighted by Gasteiger charge is -2.27. The van der Waals surface area contributed by atoms with Gasteiger partial charge in [-0.05, 0) is 42.7 Å². The first-order valence-corrected chi connectivity index (χ1v) is 9.74. The van der Waals surface area contributed by atoms with E-state index < -0.39 is 10.0 Å². The lowest BCUT2D eigenvalue weighted by molar-refractivity contribution is -0.119. The smallest absolute Gasteiger partial charge is 0.255 e. The Hall–Kier alpha value is -2.60. The Morgan fingerprint density at radius 1 is 1.00 bits per heavy atom. The monoisotopic (exact) mass is 356 g/mol. The zero-order valence-electron chi connectivity index (χ0n) is 13.8. The molecule has 1 aliphatic heterocycles. The van der Waals surface area contributed by atoms with Gasteiger partial charge in [-0.2, -0.15) is 0 Å². The number of nitrogens with one attached hydrogen (secondary N) is 1. The molecule has 2 aromatic carbocycles. The normalized spacial score (nSPS) is 15.5. The first-order chi connectivity index (χ1) is 12.0. The molecule has 3 rings (SSSR count). The summed E-state index contributed by atoms with van der Waals surface area (Å²) in [6.07, 6.45) is 3.95. The van der Waals surface area contributed by atoms with Crippen LogP contribution in [0.2, 0.25) is 0 Å². The number of carbonyl (C=O) groups is 1. The van der Waals surface area contributed by atoms with Crippen molar-refractivity contribution in [2.75, 3.05) is 16.2 Å². The van der Waals surface area contributed by atoms with Crippen LogP contribution in [-0.2, 0) is 14.8 Å². The van der Waals surface area contributed by atoms with Gasteiger partial charge in [0.1, 0.15) is 0 Å². The maximum Gasteiger partial charge on any atom is 0.255 e. The molecule has 2 aromatic rings. The van der Waals surface area contributed by atoms with E-state index in [-0.39, 0.29) is 5.91 Å². The van der Waals surface area contributed by atoms with Gasteiger partial charge in [-0.3, -0.25) is 9.52 Å². The van der Waals surface area contributed by atoms with Gasteiger partial charge in [-0.1, -0.05) is 36.4 Å². The van der Waals surface area contributed by atoms with Gasteiger partial charge in [0.15, 0.2) is 0 Å². The van der Waals surface area contributed by atoms with Crippen molar-refractivity contribution in [2.45, 2.75) is 19.3 Å². The lowest BCUT2D eigenvalue weighted by atomic mass is 10.1. The zero-order chi connectivity index (χ0) is 17.7. The van der Waals surface area contributed by atoms with Crippen molar-refractivity contribution in [3.63, 3.8) is 0 Å². The van der Waals surface area contributed by atoms with Crippen molar-refractivity contribution in [3.8, 4) is 0 Å². The molecule has 0 radical (unpaired) electrons. The number of hydrogen-bond acceptors (Lipinski definition) is 3. The van der Waals surface area contributed by atoms with Gasteiger partial charge in [0.25, 0.3) is 10.0 Å². The molecule has 1 amide bonds. The minimum Gasteiger partial charge on any atom is -0.312 e. The SMILES string of the molecule is O=C1CCCCN1c1cccc(NS(=O)(=O)/C=C/c2ccccc2)c1. The van der Waals surface area contributed by atoms with Gasteiger partial charge in [0.2, 0.25) is 5.91 Å². The molecule has 1 aliphatic rings. The topological polar surface area (TPSA) is 66.5 Å². The molecule has 0 bridgehead atoms. The minimum absolute atomic E-state index is 0.0789. The highest BCUT2D eigenvalue weighted by molar-refractivity contribution is 7.95. The molecule has 5 nitrogen and oxygen atoms in total. The van der Waals surface area contributed by atoms with E-state index in [4.69, 9.17) is 0 Å². The maximum atomic E-state index is 12.2. The van der Waals surface area contributed by atoms with Crippen molar-refractivity contribution in [1.29, 1.82) is 0 Å². The van der Waals surface area contributed by atoms with Crippen molar-refractivity contribution in [3.05, 3.63) is 65.6 Å². The molecule has 6 heteroatoms. The fourth-order valence-corrected chi connectivity index (χ4v) is 3.61. The Morgan fingerprint density at radius 2 is 1.80 bits per heavy atom. The van der Waals surface area contributed by atoms with Gasteiger partial charge in [0, 0.05) is 18.7 Å². The van der Waals surface area contributed by atoms with E-state index in [0.29, 0.717) is 18.7 Å². The second kappa shape index (κ2) is 7.53. The van der Waals surface area contributed by atoms with Crippen molar-refractivity contribution in [1.82, 2.24) is 0 Å². The van der Waals surface area contributed by atoms with Crippen LogP contribution in [-0.4, -0.2) is 20.9 Å². The van der Waals surface area contributed by atoms with Crippen LogP contribution in [0, 0.1) is 0 Å². The van der Waals surface area contributed by atoms with Crippen LogP contribution < -0.4 is 9.62 Å². The Bertz CT molecular complexity index is 877. The molecular weight excluding hydrogens is 336 g/mol. The van der Waals surface area contributed by atoms with Gasteiger partial charge < -0.3 is 4.90 Å². The second-order valence-corrected chi connectivity index (χ2v) is 7.48. The Morgan fingerprint density at radius 3 is 2.56 bits per heavy atom. The van der Waals surface area contributed by atoms with Crippen molar-refractivity contribution in [2.24, 2.45) is 0 Å². The molecule has 1 N–H and O–H groups in total. The highest BCUT2D eigenvalue weighted by Crippen LogP contribution is 2.24. The number of anilines is 2. The van der Waals surface area contributed by atoms with Gasteiger partial charge in [-0.25, -0.2) is 8.42 Å². The van der Waals surface area contributed by atoms with Crippen molar-refractivity contribution >= 4 is 33.4 Å². The summed E-state index contributed by atoms with van der Waals surface area (Å²) in [4.78, 5) is 13.7. The van der Waals surface area contributed by atoms with E-state index in [0.717, 1.165) is 29.5 Å². The van der Waals surface area contributed by atoms with E-state index in [1.54, 1.807) is 29.2 Å². The number of rotatable bonds is 5. The predicted molar refractivity (Wildman–Crippen MR) is 101 cm³/mol. The molecule has 25 heavy (non-hydrogen) atoms. The van der Waals surface area contributed by atoms with E-state index in [1.807, 2.05) is 36.4 Å². The fraction of sp³-hybridized carbons (Fsp3) is 0.211. The van der Waals surface area contributed by atoms with Gasteiger partial charge >= 0.3 is 0 Å². The van der Waals surface area contributed by atoms with Gasteiger partial charge in [-0.15, -0.1) is 0 Å². The highest BCUT2D eigenvalue weighted by atomic mass is 32.2. The van der Waals surface area contributed by atoms with Crippen LogP contribution in [0.25, 0.3) is 6.08 Å². The molecule has 0 aromatic heterocycles. The van der Waals surface area contributed by atoms with Crippen LogP contribution >= 0.6 is 0 Å². The number of carbonyl (C=O) groups excluding carboxylic acids is 1. The summed E-state index contributed by atoms with van der Waals surface area (Å²) in [5.74, 6) is 0.0789. The van der Waals surface area contributed by atoms with Gasteiger partial charge in [0.05, 0.1) is 11.1 Å². The molecule has 0 unspecified atom stereocenters. The van der Waals surface area contributed by atoms with Crippen LogP contribution in [0.1, 0.15) is 24.8 Å². The quantitative estimate of drug-likeness (QED) is 0.890. The third kappa shape index (κ3) is 4.70. The number of hydrogen-bond donors (Lipinski definition) is 1. The lowest BCUT2D eigenvalue weighted by Crippen LogP contribution is -2.35. The average Bonchev–Trinajstić information content (AvgIpc) is 2.61. The van der Waals surface area contributed by atoms with Crippen LogP contribution in [0.15, 0.2) is 60.0 Å². The molecule has 1 heterocycles. The molecular formula is C19H20N2O3S. The Kier molecular flexibility index (Phi) is 5.19. The number of benzene rings is 2. The molecule has 0 spiro atoms. The number of sulfonamides is 1. The number of piperidine rings is 1. The first-order valence-electron chi connectivity index (χ1n) is 8.20. The van der Waals surface area contributed by atoms with Crippen molar-refractivity contribution < 1.29 is 13.2 Å². The van der Waals surface area contributed by atoms with E-state index in [9.17, 15) is 13.2 Å². The molecule has 1 saturated heterocycles. The zero-order valence-corrected chi connectivity index (χ0v) is 14.6. The molecule has 0 aliphatic carbocycles. The third-order valence-corrected chi connectivity index (χ3v) is 5.00. The van der Waals surface area contributed by atoms with E-state index in [2.05, 4.69) is 4.72 Å².